The number of nitrogens with zero attached hydrogens (tertiary/aromatic N) is 1. The number of furan rings is 1. The second-order valence-electron chi connectivity index (χ2n) is 6.71. The molecule has 1 aromatic carbocycles. The molecule has 0 unspecified atom stereocenters. The van der Waals surface area contributed by atoms with Crippen LogP contribution in [-0.2, 0) is 0 Å². The molecule has 3 aliphatic heterocycles. The van der Waals surface area contributed by atoms with Gasteiger partial charge in [0.2, 0.25) is 0 Å². The van der Waals surface area contributed by atoms with Gasteiger partial charge in [0.1, 0.15) is 11.5 Å². The van der Waals surface area contributed by atoms with E-state index in [2.05, 4.69) is 10.2 Å². The molecule has 3 fully saturated rings. The number of hydrogen-bond donors (Lipinski definition) is 1. The summed E-state index contributed by atoms with van der Waals surface area (Å²) in [5.74, 6) is 2.54. The van der Waals surface area contributed by atoms with Gasteiger partial charge in [-0.2, -0.15) is 0 Å². The number of carbonyl (C=O) groups is 1. The van der Waals surface area contributed by atoms with Gasteiger partial charge < -0.3 is 19.4 Å². The van der Waals surface area contributed by atoms with Crippen molar-refractivity contribution in [3.63, 3.8) is 0 Å². The van der Waals surface area contributed by atoms with Crippen molar-refractivity contribution < 1.29 is 13.9 Å². The SMILES string of the molecule is Cc1ccc(Oc2ccc(C(=O)N[C@H]3CN4CCC3CC4)cc2)o1. The van der Waals surface area contributed by atoms with Crippen LogP contribution in [0.2, 0.25) is 0 Å². The average Bonchev–Trinajstić information content (AvgIpc) is 3.01. The molecule has 5 rings (SSSR count). The Kier molecular flexibility index (Phi) is 4.02. The van der Waals surface area contributed by atoms with Gasteiger partial charge in [0.05, 0.1) is 0 Å². The first-order valence-corrected chi connectivity index (χ1v) is 8.55. The molecule has 126 valence electrons. The van der Waals surface area contributed by atoms with Crippen molar-refractivity contribution >= 4 is 5.91 Å². The number of ether oxygens (including phenoxy) is 1. The Hall–Kier alpha value is -2.27. The van der Waals surface area contributed by atoms with Crippen LogP contribution in [-0.4, -0.2) is 36.5 Å². The zero-order valence-corrected chi connectivity index (χ0v) is 13.8. The quantitative estimate of drug-likeness (QED) is 0.937. The molecule has 3 aliphatic rings. The third-order valence-corrected chi connectivity index (χ3v) is 5.02. The summed E-state index contributed by atoms with van der Waals surface area (Å²) in [4.78, 5) is 14.9. The third kappa shape index (κ3) is 3.17. The Morgan fingerprint density at radius 2 is 1.92 bits per heavy atom. The van der Waals surface area contributed by atoms with Crippen LogP contribution in [0.5, 0.6) is 11.7 Å². The minimum absolute atomic E-state index is 0.00542. The maximum Gasteiger partial charge on any atom is 0.290 e. The monoisotopic (exact) mass is 326 g/mol. The molecule has 0 radical (unpaired) electrons. The van der Waals surface area contributed by atoms with E-state index in [9.17, 15) is 4.79 Å². The lowest BCUT2D eigenvalue weighted by atomic mass is 9.84. The van der Waals surface area contributed by atoms with Crippen LogP contribution in [0.4, 0.5) is 0 Å². The molecule has 24 heavy (non-hydrogen) atoms. The number of aryl methyl sites for hydroxylation is 1. The van der Waals surface area contributed by atoms with Gasteiger partial charge in [-0.3, -0.25) is 4.79 Å². The number of hydrogen-bond acceptors (Lipinski definition) is 4. The molecule has 3 saturated heterocycles. The number of amides is 1. The van der Waals surface area contributed by atoms with Crippen molar-refractivity contribution in [1.82, 2.24) is 10.2 Å². The molecule has 1 atom stereocenters. The summed E-state index contributed by atoms with van der Waals surface area (Å²) in [5, 5.41) is 3.20. The minimum atomic E-state index is -0.00542. The molecule has 4 heterocycles. The molecule has 0 spiro atoms. The van der Waals surface area contributed by atoms with Gasteiger partial charge in [-0.15, -0.1) is 0 Å². The first-order valence-electron chi connectivity index (χ1n) is 8.55. The summed E-state index contributed by atoms with van der Waals surface area (Å²) in [6.45, 7) is 5.20. The van der Waals surface area contributed by atoms with Gasteiger partial charge in [0.15, 0.2) is 0 Å². The van der Waals surface area contributed by atoms with Crippen molar-refractivity contribution in [3.8, 4) is 11.7 Å². The number of piperidine rings is 3. The van der Waals surface area contributed by atoms with E-state index >= 15 is 0 Å². The van der Waals surface area contributed by atoms with Gasteiger partial charge >= 0.3 is 0 Å². The topological polar surface area (TPSA) is 54.7 Å². The largest absolute Gasteiger partial charge is 0.431 e. The molecule has 2 bridgehead atoms. The summed E-state index contributed by atoms with van der Waals surface area (Å²) >= 11 is 0. The second-order valence-corrected chi connectivity index (χ2v) is 6.71. The van der Waals surface area contributed by atoms with Crippen LogP contribution in [0.3, 0.4) is 0 Å². The van der Waals surface area contributed by atoms with Crippen molar-refractivity contribution in [2.75, 3.05) is 19.6 Å². The van der Waals surface area contributed by atoms with E-state index < -0.39 is 0 Å². The molecule has 5 nitrogen and oxygen atoms in total. The molecule has 1 amide bonds. The Bertz CT molecular complexity index is 714. The van der Waals surface area contributed by atoms with Crippen molar-refractivity contribution in [2.24, 2.45) is 5.92 Å². The minimum Gasteiger partial charge on any atom is -0.431 e. The summed E-state index contributed by atoms with van der Waals surface area (Å²) in [6.07, 6.45) is 2.39. The molecule has 0 aliphatic carbocycles. The van der Waals surface area contributed by atoms with E-state index in [4.69, 9.17) is 9.15 Å². The molecule has 1 N–H and O–H groups in total. The highest BCUT2D eigenvalue weighted by atomic mass is 16.6. The lowest BCUT2D eigenvalue weighted by Gasteiger charge is -2.44. The Labute approximate surface area is 141 Å². The molecule has 5 heteroatoms. The van der Waals surface area contributed by atoms with E-state index in [0.29, 0.717) is 23.2 Å². The van der Waals surface area contributed by atoms with E-state index in [1.165, 1.54) is 25.9 Å². The van der Waals surface area contributed by atoms with E-state index in [1.54, 1.807) is 30.3 Å². The summed E-state index contributed by atoms with van der Waals surface area (Å²) in [6, 6.07) is 11.1. The lowest BCUT2D eigenvalue weighted by molar-refractivity contribution is 0.0620. The fourth-order valence-electron chi connectivity index (χ4n) is 3.64. The van der Waals surface area contributed by atoms with Gasteiger partial charge in [-0.25, -0.2) is 0 Å². The lowest BCUT2D eigenvalue weighted by Crippen LogP contribution is -2.57. The van der Waals surface area contributed by atoms with E-state index in [0.717, 1.165) is 12.3 Å². The van der Waals surface area contributed by atoms with Crippen LogP contribution in [0, 0.1) is 12.8 Å². The zero-order chi connectivity index (χ0) is 16.5. The predicted molar refractivity (Wildman–Crippen MR) is 90.4 cm³/mol. The van der Waals surface area contributed by atoms with Crippen molar-refractivity contribution in [3.05, 3.63) is 47.7 Å². The smallest absolute Gasteiger partial charge is 0.290 e. The maximum atomic E-state index is 12.5. The zero-order valence-electron chi connectivity index (χ0n) is 13.8. The summed E-state index contributed by atoms with van der Waals surface area (Å²) in [5.41, 5.74) is 0.662. The molecule has 0 saturated carbocycles. The Morgan fingerprint density at radius 3 is 2.50 bits per heavy atom. The van der Waals surface area contributed by atoms with E-state index in [1.807, 2.05) is 13.0 Å². The highest BCUT2D eigenvalue weighted by molar-refractivity contribution is 5.94. The number of nitrogens with one attached hydrogen (secondary N) is 1. The molecular weight excluding hydrogens is 304 g/mol. The van der Waals surface area contributed by atoms with Gasteiger partial charge in [-0.05, 0) is 69.1 Å². The number of carbonyl (C=O) groups excluding carboxylic acids is 1. The fourth-order valence-corrected chi connectivity index (χ4v) is 3.64. The standard InChI is InChI=1S/C19H22N2O3/c1-13-2-7-18(23-13)24-16-5-3-15(4-6-16)19(22)20-17-12-21-10-8-14(17)9-11-21/h2-7,14,17H,8-12H2,1H3,(H,20,22)/t17-/m0/s1. The highest BCUT2D eigenvalue weighted by Crippen LogP contribution is 2.28. The van der Waals surface area contributed by atoms with Crippen LogP contribution >= 0.6 is 0 Å². The van der Waals surface area contributed by atoms with Crippen LogP contribution < -0.4 is 10.1 Å². The first-order chi connectivity index (χ1) is 11.7. The van der Waals surface area contributed by atoms with Gasteiger partial charge in [0.25, 0.3) is 11.9 Å². The van der Waals surface area contributed by atoms with Gasteiger partial charge in [0, 0.05) is 24.2 Å². The third-order valence-electron chi connectivity index (χ3n) is 5.02. The van der Waals surface area contributed by atoms with Crippen LogP contribution in [0.25, 0.3) is 0 Å². The number of fused-ring (bicyclic) bond motifs is 3. The predicted octanol–water partition coefficient (Wildman–Crippen LogP) is 3.20. The number of rotatable bonds is 4. The van der Waals surface area contributed by atoms with E-state index in [-0.39, 0.29) is 11.9 Å². The Morgan fingerprint density at radius 1 is 1.17 bits per heavy atom. The molecular formula is C19H22N2O3. The fraction of sp³-hybridized carbons (Fsp3) is 0.421. The first kappa shape index (κ1) is 15.3. The summed E-state index contributed by atoms with van der Waals surface area (Å²) in [7, 11) is 0. The van der Waals surface area contributed by atoms with Crippen molar-refractivity contribution in [2.45, 2.75) is 25.8 Å². The molecule has 1 aromatic heterocycles. The maximum absolute atomic E-state index is 12.5. The van der Waals surface area contributed by atoms with Crippen molar-refractivity contribution in [1.29, 1.82) is 0 Å². The second kappa shape index (κ2) is 6.32. The normalized spacial score (nSPS) is 25.5. The van der Waals surface area contributed by atoms with Crippen LogP contribution in [0.1, 0.15) is 29.0 Å². The number of benzene rings is 1. The molecule has 2 aromatic rings. The average molecular weight is 326 g/mol. The highest BCUT2D eigenvalue weighted by Gasteiger charge is 2.34. The van der Waals surface area contributed by atoms with Crippen LogP contribution in [0.15, 0.2) is 40.8 Å². The van der Waals surface area contributed by atoms with Gasteiger partial charge in [-0.1, -0.05) is 0 Å². The summed E-state index contributed by atoms with van der Waals surface area (Å²) < 4.78 is 11.0. The Balaban J connectivity index is 1.38.